The second-order valence-corrected chi connectivity index (χ2v) is 6.35. The third-order valence-electron chi connectivity index (χ3n) is 4.02. The van der Waals surface area contributed by atoms with Crippen molar-refractivity contribution in [1.82, 2.24) is 9.88 Å². The maximum absolute atomic E-state index is 11.6. The van der Waals surface area contributed by atoms with E-state index in [4.69, 9.17) is 4.74 Å². The average Bonchev–Trinajstić information content (AvgIpc) is 3.03. The molecule has 6 heteroatoms. The Balaban J connectivity index is 1.77. The molecular weight excluding hydrogens is 262 g/mol. The third-order valence-corrected chi connectivity index (χ3v) is 5.05. The molecule has 1 aromatic heterocycles. The fourth-order valence-electron chi connectivity index (χ4n) is 2.97. The maximum Gasteiger partial charge on any atom is 0.357 e. The summed E-state index contributed by atoms with van der Waals surface area (Å²) >= 11 is 1.59. The molecule has 0 amide bonds. The largest absolute Gasteiger partial charge is 0.464 e. The molecule has 2 aliphatic heterocycles. The van der Waals surface area contributed by atoms with Crippen molar-refractivity contribution in [2.24, 2.45) is 0 Å². The second kappa shape index (κ2) is 5.09. The molecular formula is C13H19N3O2S. The number of anilines is 1. The Morgan fingerprint density at radius 3 is 3.05 bits per heavy atom. The Morgan fingerprint density at radius 1 is 1.42 bits per heavy atom. The molecule has 0 saturated carbocycles. The predicted molar refractivity (Wildman–Crippen MR) is 75.0 cm³/mol. The number of aromatic nitrogens is 1. The smallest absolute Gasteiger partial charge is 0.357 e. The minimum Gasteiger partial charge on any atom is -0.464 e. The van der Waals surface area contributed by atoms with E-state index in [2.05, 4.69) is 14.8 Å². The first kappa shape index (κ1) is 12.9. The molecule has 2 fully saturated rings. The Kier molecular flexibility index (Phi) is 3.45. The van der Waals surface area contributed by atoms with Gasteiger partial charge >= 0.3 is 5.97 Å². The molecule has 1 atom stereocenters. The van der Waals surface area contributed by atoms with Crippen LogP contribution in [0, 0.1) is 6.92 Å². The van der Waals surface area contributed by atoms with Gasteiger partial charge in [-0.2, -0.15) is 0 Å². The van der Waals surface area contributed by atoms with Crippen molar-refractivity contribution in [2.45, 2.75) is 25.8 Å². The lowest BCUT2D eigenvalue weighted by Gasteiger charge is -2.37. The van der Waals surface area contributed by atoms with Gasteiger partial charge in [-0.1, -0.05) is 0 Å². The van der Waals surface area contributed by atoms with Crippen LogP contribution in [0.4, 0.5) is 5.13 Å². The highest BCUT2D eigenvalue weighted by molar-refractivity contribution is 7.15. The summed E-state index contributed by atoms with van der Waals surface area (Å²) in [7, 11) is 1.40. The summed E-state index contributed by atoms with van der Waals surface area (Å²) in [5, 5.41) is 0.962. The van der Waals surface area contributed by atoms with Crippen LogP contribution in [0.15, 0.2) is 0 Å². The first-order valence-corrected chi connectivity index (χ1v) is 7.55. The van der Waals surface area contributed by atoms with E-state index >= 15 is 0 Å². The number of thiazole rings is 1. The number of nitrogens with zero attached hydrogens (tertiary/aromatic N) is 3. The van der Waals surface area contributed by atoms with Gasteiger partial charge in [-0.25, -0.2) is 9.78 Å². The van der Waals surface area contributed by atoms with Gasteiger partial charge in [-0.05, 0) is 26.3 Å². The summed E-state index contributed by atoms with van der Waals surface area (Å²) in [5.41, 5.74) is 0.469. The monoisotopic (exact) mass is 281 g/mol. The van der Waals surface area contributed by atoms with E-state index in [1.165, 1.54) is 26.5 Å². The maximum atomic E-state index is 11.6. The average molecular weight is 281 g/mol. The van der Waals surface area contributed by atoms with Gasteiger partial charge in [-0.3, -0.25) is 4.90 Å². The van der Waals surface area contributed by atoms with Gasteiger partial charge < -0.3 is 9.64 Å². The molecule has 1 aromatic rings. The molecule has 0 bridgehead atoms. The zero-order valence-electron chi connectivity index (χ0n) is 11.4. The van der Waals surface area contributed by atoms with Crippen LogP contribution in [0.5, 0.6) is 0 Å². The van der Waals surface area contributed by atoms with Crippen molar-refractivity contribution >= 4 is 22.4 Å². The topological polar surface area (TPSA) is 45.7 Å². The summed E-state index contributed by atoms with van der Waals surface area (Å²) in [6.45, 7) is 6.32. The lowest BCUT2D eigenvalue weighted by atomic mass is 10.2. The van der Waals surface area contributed by atoms with Crippen molar-refractivity contribution < 1.29 is 9.53 Å². The van der Waals surface area contributed by atoms with E-state index in [9.17, 15) is 4.79 Å². The highest BCUT2D eigenvalue weighted by Crippen LogP contribution is 2.30. The van der Waals surface area contributed by atoms with Crippen LogP contribution in [0.3, 0.4) is 0 Å². The molecule has 0 spiro atoms. The molecule has 3 heterocycles. The Labute approximate surface area is 117 Å². The zero-order chi connectivity index (χ0) is 13.4. The molecule has 0 aliphatic carbocycles. The van der Waals surface area contributed by atoms with Crippen molar-refractivity contribution in [3.63, 3.8) is 0 Å². The normalized spacial score (nSPS) is 23.5. The number of piperazine rings is 1. The summed E-state index contributed by atoms with van der Waals surface area (Å²) < 4.78 is 4.77. The van der Waals surface area contributed by atoms with Crippen LogP contribution in [0.2, 0.25) is 0 Å². The molecule has 19 heavy (non-hydrogen) atoms. The minimum absolute atomic E-state index is 0.334. The van der Waals surface area contributed by atoms with E-state index in [1.54, 1.807) is 11.3 Å². The van der Waals surface area contributed by atoms with Gasteiger partial charge in [0.2, 0.25) is 0 Å². The highest BCUT2D eigenvalue weighted by atomic mass is 32.1. The second-order valence-electron chi connectivity index (χ2n) is 5.17. The zero-order valence-corrected chi connectivity index (χ0v) is 12.2. The molecule has 2 aliphatic rings. The Morgan fingerprint density at radius 2 is 2.26 bits per heavy atom. The predicted octanol–water partition coefficient (Wildman–Crippen LogP) is 1.52. The van der Waals surface area contributed by atoms with E-state index in [-0.39, 0.29) is 5.97 Å². The van der Waals surface area contributed by atoms with Crippen LogP contribution < -0.4 is 4.90 Å². The molecule has 104 valence electrons. The summed E-state index contributed by atoms with van der Waals surface area (Å²) in [6, 6.07) is 0.666. The summed E-state index contributed by atoms with van der Waals surface area (Å²) in [5.74, 6) is -0.334. The molecule has 0 aromatic carbocycles. The van der Waals surface area contributed by atoms with Crippen molar-refractivity contribution in [2.75, 3.05) is 38.2 Å². The van der Waals surface area contributed by atoms with Gasteiger partial charge in [0.15, 0.2) is 10.8 Å². The van der Waals surface area contributed by atoms with Crippen LogP contribution in [0.1, 0.15) is 28.2 Å². The quantitative estimate of drug-likeness (QED) is 0.769. The van der Waals surface area contributed by atoms with Gasteiger partial charge in [0.1, 0.15) is 0 Å². The third kappa shape index (κ3) is 2.34. The molecule has 1 unspecified atom stereocenters. The molecule has 0 radical (unpaired) electrons. The summed E-state index contributed by atoms with van der Waals surface area (Å²) in [6.07, 6.45) is 2.59. The number of esters is 1. The fourth-order valence-corrected chi connectivity index (χ4v) is 3.90. The number of carbonyl (C=O) groups is 1. The molecule has 3 rings (SSSR count). The van der Waals surface area contributed by atoms with E-state index in [0.717, 1.165) is 29.6 Å². The number of fused-ring (bicyclic) bond motifs is 1. The fraction of sp³-hybridized carbons (Fsp3) is 0.692. The molecule has 2 saturated heterocycles. The van der Waals surface area contributed by atoms with Crippen LogP contribution in [-0.4, -0.2) is 55.2 Å². The van der Waals surface area contributed by atoms with Gasteiger partial charge in [0, 0.05) is 30.6 Å². The van der Waals surface area contributed by atoms with E-state index < -0.39 is 0 Å². The number of rotatable bonds is 2. The van der Waals surface area contributed by atoms with Gasteiger partial charge in [0.05, 0.1) is 7.11 Å². The number of methoxy groups -OCH3 is 1. The highest BCUT2D eigenvalue weighted by Gasteiger charge is 2.32. The van der Waals surface area contributed by atoms with Crippen LogP contribution >= 0.6 is 11.3 Å². The van der Waals surface area contributed by atoms with Gasteiger partial charge in [0.25, 0.3) is 0 Å². The van der Waals surface area contributed by atoms with E-state index in [0.29, 0.717) is 11.7 Å². The van der Waals surface area contributed by atoms with E-state index in [1.807, 2.05) is 6.92 Å². The van der Waals surface area contributed by atoms with Crippen molar-refractivity contribution in [3.05, 3.63) is 10.6 Å². The Hall–Kier alpha value is -1.14. The SMILES string of the molecule is COC(=O)c1nc(N2CCN3CCCC3C2)sc1C. The Bertz CT molecular complexity index is 488. The van der Waals surface area contributed by atoms with Crippen LogP contribution in [-0.2, 0) is 4.74 Å². The van der Waals surface area contributed by atoms with Crippen LogP contribution in [0.25, 0.3) is 0 Å². The first-order chi connectivity index (χ1) is 9.19. The summed E-state index contributed by atoms with van der Waals surface area (Å²) in [4.78, 5) is 21.9. The minimum atomic E-state index is -0.334. The first-order valence-electron chi connectivity index (χ1n) is 6.74. The van der Waals surface area contributed by atoms with Crippen molar-refractivity contribution in [3.8, 4) is 0 Å². The number of carbonyl (C=O) groups excluding carboxylic acids is 1. The number of ether oxygens (including phenoxy) is 1. The van der Waals surface area contributed by atoms with Crippen molar-refractivity contribution in [1.29, 1.82) is 0 Å². The molecule has 0 N–H and O–H groups in total. The standard InChI is InChI=1S/C13H19N3O2S/c1-9-11(12(17)18-2)14-13(19-9)16-7-6-15-5-3-4-10(15)8-16/h10H,3-8H2,1-2H3. The molecule has 5 nitrogen and oxygen atoms in total. The number of hydrogen-bond donors (Lipinski definition) is 0. The van der Waals surface area contributed by atoms with Gasteiger partial charge in [-0.15, -0.1) is 11.3 Å². The lowest BCUT2D eigenvalue weighted by Crippen LogP contribution is -2.50. The number of hydrogen-bond acceptors (Lipinski definition) is 6. The number of aryl methyl sites for hydroxylation is 1. The lowest BCUT2D eigenvalue weighted by molar-refractivity contribution is 0.0594.